The first-order chi connectivity index (χ1) is 7.11. The second kappa shape index (κ2) is 3.52. The molecule has 0 atom stereocenters. The largest absolute Gasteiger partial charge is 0.492 e. The predicted molar refractivity (Wildman–Crippen MR) is 52.8 cm³/mol. The highest BCUT2D eigenvalue weighted by molar-refractivity contribution is 5.37. The topological polar surface area (TPSA) is 59.0 Å². The van der Waals surface area contributed by atoms with Gasteiger partial charge < -0.3 is 10.5 Å². The van der Waals surface area contributed by atoms with Gasteiger partial charge in [-0.1, -0.05) is 0 Å². The van der Waals surface area contributed by atoms with Gasteiger partial charge in [0, 0.05) is 6.07 Å². The number of nitrogens with zero attached hydrogens (tertiary/aromatic N) is 1. The number of halogens is 1. The van der Waals surface area contributed by atoms with Gasteiger partial charge in [0.2, 0.25) is 0 Å². The van der Waals surface area contributed by atoms with Crippen molar-refractivity contribution in [2.75, 3.05) is 6.61 Å². The molecule has 0 unspecified atom stereocenters. The first-order valence-corrected chi connectivity index (χ1v) is 4.74. The Morgan fingerprint density at radius 1 is 1.47 bits per heavy atom. The van der Waals surface area contributed by atoms with E-state index in [2.05, 4.69) is 0 Å². The van der Waals surface area contributed by atoms with Crippen molar-refractivity contribution < 1.29 is 9.13 Å². The summed E-state index contributed by atoms with van der Waals surface area (Å²) in [5.41, 5.74) is 5.84. The summed E-state index contributed by atoms with van der Waals surface area (Å²) >= 11 is 0. The van der Waals surface area contributed by atoms with Crippen LogP contribution in [0.3, 0.4) is 0 Å². The molecular weight excluding hydrogens is 195 g/mol. The van der Waals surface area contributed by atoms with E-state index in [1.807, 2.05) is 6.07 Å². The second-order valence-corrected chi connectivity index (χ2v) is 3.94. The van der Waals surface area contributed by atoms with E-state index in [9.17, 15) is 4.39 Å². The van der Waals surface area contributed by atoms with Crippen LogP contribution in [0, 0.1) is 17.1 Å². The van der Waals surface area contributed by atoms with Crippen molar-refractivity contribution in [3.05, 3.63) is 29.6 Å². The van der Waals surface area contributed by atoms with Crippen LogP contribution in [-0.2, 0) is 0 Å². The van der Waals surface area contributed by atoms with E-state index in [0.29, 0.717) is 12.4 Å². The van der Waals surface area contributed by atoms with E-state index >= 15 is 0 Å². The molecule has 4 heteroatoms. The molecule has 3 nitrogen and oxygen atoms in total. The van der Waals surface area contributed by atoms with E-state index in [0.717, 1.165) is 12.8 Å². The van der Waals surface area contributed by atoms with Crippen LogP contribution in [0.4, 0.5) is 4.39 Å². The van der Waals surface area contributed by atoms with Gasteiger partial charge in [0.15, 0.2) is 0 Å². The molecule has 0 aliphatic heterocycles. The van der Waals surface area contributed by atoms with Crippen molar-refractivity contribution in [2.24, 2.45) is 5.73 Å². The van der Waals surface area contributed by atoms with E-state index in [1.54, 1.807) is 0 Å². The van der Waals surface area contributed by atoms with Crippen LogP contribution in [0.1, 0.15) is 18.4 Å². The molecule has 1 fully saturated rings. The van der Waals surface area contributed by atoms with Crippen molar-refractivity contribution >= 4 is 0 Å². The minimum Gasteiger partial charge on any atom is -0.492 e. The zero-order chi connectivity index (χ0) is 10.9. The van der Waals surface area contributed by atoms with Gasteiger partial charge in [0.05, 0.1) is 17.2 Å². The lowest BCUT2D eigenvalue weighted by molar-refractivity contribution is 0.278. The molecule has 78 valence electrons. The van der Waals surface area contributed by atoms with Crippen LogP contribution in [0.15, 0.2) is 18.2 Å². The molecule has 15 heavy (non-hydrogen) atoms. The number of nitrogens with two attached hydrogens (primary N) is 1. The molecule has 1 aromatic rings. The molecule has 2 rings (SSSR count). The van der Waals surface area contributed by atoms with Crippen LogP contribution >= 0.6 is 0 Å². The molecule has 2 N–H and O–H groups in total. The van der Waals surface area contributed by atoms with Gasteiger partial charge in [-0.2, -0.15) is 5.26 Å². The normalized spacial score (nSPS) is 16.9. The van der Waals surface area contributed by atoms with Gasteiger partial charge >= 0.3 is 0 Å². The molecular formula is C11H11FN2O. The molecule has 0 aromatic heterocycles. The Hall–Kier alpha value is -1.60. The minimum absolute atomic E-state index is 0.237. The van der Waals surface area contributed by atoms with Crippen molar-refractivity contribution in [3.63, 3.8) is 0 Å². The van der Waals surface area contributed by atoms with E-state index in [4.69, 9.17) is 15.7 Å². The maximum absolute atomic E-state index is 13.0. The molecule has 1 aromatic carbocycles. The summed E-state index contributed by atoms with van der Waals surface area (Å²) in [6.45, 7) is 0.376. The van der Waals surface area contributed by atoms with Crippen molar-refractivity contribution in [2.45, 2.75) is 18.4 Å². The molecule has 1 saturated carbocycles. The maximum Gasteiger partial charge on any atom is 0.128 e. The van der Waals surface area contributed by atoms with Crippen LogP contribution < -0.4 is 10.5 Å². The van der Waals surface area contributed by atoms with Gasteiger partial charge in [-0.25, -0.2) is 4.39 Å². The Kier molecular flexibility index (Phi) is 2.33. The lowest BCUT2D eigenvalue weighted by atomic mass is 10.2. The zero-order valence-electron chi connectivity index (χ0n) is 8.16. The lowest BCUT2D eigenvalue weighted by Crippen LogP contribution is -2.29. The number of hydrogen-bond acceptors (Lipinski definition) is 3. The number of hydrogen-bond donors (Lipinski definition) is 1. The standard InChI is InChI=1S/C11H11FN2O/c12-9-3-8(6-13)4-10(5-9)15-7-11(14)1-2-11/h3-5H,1-2,7,14H2. The zero-order valence-corrected chi connectivity index (χ0v) is 8.16. The summed E-state index contributed by atoms with van der Waals surface area (Å²) in [4.78, 5) is 0. The van der Waals surface area contributed by atoms with Crippen LogP contribution in [0.2, 0.25) is 0 Å². The quantitative estimate of drug-likeness (QED) is 0.816. The Morgan fingerprint density at radius 3 is 2.80 bits per heavy atom. The number of ether oxygens (including phenoxy) is 1. The lowest BCUT2D eigenvalue weighted by Gasteiger charge is -2.11. The summed E-state index contributed by atoms with van der Waals surface area (Å²) < 4.78 is 18.3. The maximum atomic E-state index is 13.0. The predicted octanol–water partition coefficient (Wildman–Crippen LogP) is 1.57. The monoisotopic (exact) mass is 206 g/mol. The van der Waals surface area contributed by atoms with Crippen molar-refractivity contribution in [1.29, 1.82) is 5.26 Å². The molecule has 0 spiro atoms. The van der Waals surface area contributed by atoms with Crippen LogP contribution in [-0.4, -0.2) is 12.1 Å². The fourth-order valence-corrected chi connectivity index (χ4v) is 1.24. The van der Waals surface area contributed by atoms with Crippen molar-refractivity contribution in [3.8, 4) is 11.8 Å². The Morgan fingerprint density at radius 2 is 2.20 bits per heavy atom. The van der Waals surface area contributed by atoms with E-state index in [-0.39, 0.29) is 11.1 Å². The highest BCUT2D eigenvalue weighted by atomic mass is 19.1. The fraction of sp³-hybridized carbons (Fsp3) is 0.364. The molecule has 1 aliphatic rings. The Balaban J connectivity index is 2.07. The Labute approximate surface area is 87.3 Å². The summed E-state index contributed by atoms with van der Waals surface area (Å²) in [6, 6.07) is 5.80. The first-order valence-electron chi connectivity index (χ1n) is 4.74. The third-order valence-electron chi connectivity index (χ3n) is 2.42. The third-order valence-corrected chi connectivity index (χ3v) is 2.42. The third kappa shape index (κ3) is 2.45. The number of benzene rings is 1. The SMILES string of the molecule is N#Cc1cc(F)cc(OCC2(N)CC2)c1. The number of rotatable bonds is 3. The molecule has 0 amide bonds. The minimum atomic E-state index is -0.467. The molecule has 1 aliphatic carbocycles. The average Bonchev–Trinajstić information content (AvgIpc) is 2.94. The van der Waals surface area contributed by atoms with E-state index in [1.165, 1.54) is 18.2 Å². The molecule has 0 radical (unpaired) electrons. The summed E-state index contributed by atoms with van der Waals surface area (Å²) in [7, 11) is 0. The fourth-order valence-electron chi connectivity index (χ4n) is 1.24. The van der Waals surface area contributed by atoms with Gasteiger partial charge in [-0.05, 0) is 25.0 Å². The first kappa shape index (κ1) is 9.94. The summed E-state index contributed by atoms with van der Waals surface area (Å²) in [6.07, 6.45) is 1.88. The van der Waals surface area contributed by atoms with Crippen LogP contribution in [0.5, 0.6) is 5.75 Å². The molecule has 0 saturated heterocycles. The highest BCUT2D eigenvalue weighted by Gasteiger charge is 2.39. The average molecular weight is 206 g/mol. The summed E-state index contributed by atoms with van der Waals surface area (Å²) in [5.74, 6) is -0.103. The second-order valence-electron chi connectivity index (χ2n) is 3.94. The molecule has 0 heterocycles. The van der Waals surface area contributed by atoms with Crippen molar-refractivity contribution in [1.82, 2.24) is 0 Å². The highest BCUT2D eigenvalue weighted by Crippen LogP contribution is 2.32. The molecule has 0 bridgehead atoms. The van der Waals surface area contributed by atoms with Gasteiger partial charge in [0.1, 0.15) is 18.2 Å². The number of nitriles is 1. The smallest absolute Gasteiger partial charge is 0.128 e. The van der Waals surface area contributed by atoms with Crippen LogP contribution in [0.25, 0.3) is 0 Å². The van der Waals surface area contributed by atoms with Gasteiger partial charge in [0.25, 0.3) is 0 Å². The van der Waals surface area contributed by atoms with E-state index < -0.39 is 5.82 Å². The van der Waals surface area contributed by atoms with Gasteiger partial charge in [-0.15, -0.1) is 0 Å². The van der Waals surface area contributed by atoms with Gasteiger partial charge in [-0.3, -0.25) is 0 Å². The summed E-state index contributed by atoms with van der Waals surface area (Å²) in [5, 5.41) is 8.63. The Bertz CT molecular complexity index is 421.